The Kier molecular flexibility index (Phi) is 5.25. The number of hydrogen-bond donors (Lipinski definition) is 1. The van der Waals surface area contributed by atoms with Crippen LogP contribution in [0.5, 0.6) is 0 Å². The summed E-state index contributed by atoms with van der Waals surface area (Å²) in [5.74, 6) is 0.787. The molecule has 0 aromatic heterocycles. The van der Waals surface area contributed by atoms with Crippen LogP contribution < -0.4 is 5.32 Å². The Hall–Kier alpha value is -0.0800. The van der Waals surface area contributed by atoms with Crippen molar-refractivity contribution in [3.8, 4) is 0 Å². The molecule has 1 fully saturated rings. The molecule has 0 aliphatic carbocycles. The molecule has 0 spiro atoms. The molecule has 0 aromatic carbocycles. The van der Waals surface area contributed by atoms with Crippen LogP contribution in [-0.2, 0) is 0 Å². The van der Waals surface area contributed by atoms with E-state index in [2.05, 4.69) is 58.7 Å². The maximum absolute atomic E-state index is 3.70. The van der Waals surface area contributed by atoms with Crippen molar-refractivity contribution in [2.75, 3.05) is 19.6 Å². The number of hydrogen-bond acceptors (Lipinski definition) is 2. The van der Waals surface area contributed by atoms with Gasteiger partial charge < -0.3 is 5.32 Å². The standard InChI is InChI=1S/C16H34N2/c1-13(2)10-14-11-17-16(6,7)12-18(14)9-8-15(3,4)5/h13-14,17H,8-12H2,1-7H3. The fourth-order valence-electron chi connectivity index (χ4n) is 2.73. The van der Waals surface area contributed by atoms with Gasteiger partial charge in [-0.3, -0.25) is 4.90 Å². The van der Waals surface area contributed by atoms with Crippen molar-refractivity contribution in [2.24, 2.45) is 11.3 Å². The molecule has 1 atom stereocenters. The third kappa shape index (κ3) is 5.71. The second kappa shape index (κ2) is 5.92. The summed E-state index contributed by atoms with van der Waals surface area (Å²) in [5, 5.41) is 3.70. The first-order valence-corrected chi connectivity index (χ1v) is 7.58. The average Bonchev–Trinajstić information content (AvgIpc) is 2.16. The minimum absolute atomic E-state index is 0.269. The lowest BCUT2D eigenvalue weighted by Crippen LogP contribution is -2.62. The minimum atomic E-state index is 0.269. The average molecular weight is 254 g/mol. The lowest BCUT2D eigenvalue weighted by atomic mass is 9.89. The zero-order valence-electron chi connectivity index (χ0n) is 13.6. The molecule has 0 radical (unpaired) electrons. The molecule has 0 amide bonds. The summed E-state index contributed by atoms with van der Waals surface area (Å²) in [6.45, 7) is 19.9. The zero-order chi connectivity index (χ0) is 14.0. The van der Waals surface area contributed by atoms with E-state index in [1.54, 1.807) is 0 Å². The highest BCUT2D eigenvalue weighted by atomic mass is 15.2. The van der Waals surface area contributed by atoms with Gasteiger partial charge in [0.2, 0.25) is 0 Å². The van der Waals surface area contributed by atoms with Gasteiger partial charge >= 0.3 is 0 Å². The predicted molar refractivity (Wildman–Crippen MR) is 81.0 cm³/mol. The largest absolute Gasteiger partial charge is 0.309 e. The molecular weight excluding hydrogens is 220 g/mol. The van der Waals surface area contributed by atoms with Crippen LogP contribution in [0.4, 0.5) is 0 Å². The normalized spacial score (nSPS) is 25.7. The summed E-state index contributed by atoms with van der Waals surface area (Å²) < 4.78 is 0. The zero-order valence-corrected chi connectivity index (χ0v) is 13.6. The molecule has 108 valence electrons. The SMILES string of the molecule is CC(C)CC1CNC(C)(C)CN1CCC(C)(C)C. The quantitative estimate of drug-likeness (QED) is 0.826. The third-order valence-electron chi connectivity index (χ3n) is 3.82. The molecule has 1 aliphatic rings. The second-order valence-electron chi connectivity index (χ2n) is 8.33. The smallest absolute Gasteiger partial charge is 0.0252 e. The first-order valence-electron chi connectivity index (χ1n) is 7.58. The van der Waals surface area contributed by atoms with Gasteiger partial charge in [0.1, 0.15) is 0 Å². The Morgan fingerprint density at radius 3 is 2.39 bits per heavy atom. The van der Waals surface area contributed by atoms with Gasteiger partial charge in [-0.25, -0.2) is 0 Å². The van der Waals surface area contributed by atoms with Gasteiger partial charge in [0.05, 0.1) is 0 Å². The van der Waals surface area contributed by atoms with Gasteiger partial charge in [-0.15, -0.1) is 0 Å². The Bertz CT molecular complexity index is 250. The highest BCUT2D eigenvalue weighted by Crippen LogP contribution is 2.24. The lowest BCUT2D eigenvalue weighted by molar-refractivity contribution is 0.0724. The molecule has 0 bridgehead atoms. The van der Waals surface area contributed by atoms with E-state index in [0.717, 1.165) is 18.5 Å². The van der Waals surface area contributed by atoms with Crippen molar-refractivity contribution < 1.29 is 0 Å². The van der Waals surface area contributed by atoms with Crippen LogP contribution in [-0.4, -0.2) is 36.1 Å². The van der Waals surface area contributed by atoms with Crippen molar-refractivity contribution in [2.45, 2.75) is 72.9 Å². The first kappa shape index (κ1) is 16.0. The third-order valence-corrected chi connectivity index (χ3v) is 3.82. The summed E-state index contributed by atoms with van der Waals surface area (Å²) in [5.41, 5.74) is 0.711. The summed E-state index contributed by atoms with van der Waals surface area (Å²) in [6, 6.07) is 0.723. The maximum atomic E-state index is 3.70. The highest BCUT2D eigenvalue weighted by molar-refractivity contribution is 4.92. The van der Waals surface area contributed by atoms with Crippen LogP contribution >= 0.6 is 0 Å². The van der Waals surface area contributed by atoms with Crippen LogP contribution in [0.15, 0.2) is 0 Å². The van der Waals surface area contributed by atoms with E-state index in [4.69, 9.17) is 0 Å². The monoisotopic (exact) mass is 254 g/mol. The predicted octanol–water partition coefficient (Wildman–Crippen LogP) is 3.52. The van der Waals surface area contributed by atoms with E-state index in [0.29, 0.717) is 5.41 Å². The summed E-state index contributed by atoms with van der Waals surface area (Å²) in [6.07, 6.45) is 2.60. The summed E-state index contributed by atoms with van der Waals surface area (Å²) in [4.78, 5) is 2.72. The molecule has 18 heavy (non-hydrogen) atoms. The molecular formula is C16H34N2. The topological polar surface area (TPSA) is 15.3 Å². The second-order valence-corrected chi connectivity index (χ2v) is 8.33. The van der Waals surface area contributed by atoms with Crippen LogP contribution in [0.1, 0.15) is 61.3 Å². The van der Waals surface area contributed by atoms with Gasteiger partial charge in [0, 0.05) is 24.7 Å². The number of piperazine rings is 1. The van der Waals surface area contributed by atoms with Crippen molar-refractivity contribution in [1.29, 1.82) is 0 Å². The van der Waals surface area contributed by atoms with Crippen molar-refractivity contribution in [3.63, 3.8) is 0 Å². The van der Waals surface area contributed by atoms with E-state index >= 15 is 0 Å². The van der Waals surface area contributed by atoms with Crippen LogP contribution in [0.25, 0.3) is 0 Å². The van der Waals surface area contributed by atoms with Gasteiger partial charge in [-0.05, 0) is 44.6 Å². The van der Waals surface area contributed by atoms with Gasteiger partial charge in [-0.2, -0.15) is 0 Å². The Labute approximate surface area is 115 Å². The molecule has 2 nitrogen and oxygen atoms in total. The molecule has 2 heteroatoms. The molecule has 1 unspecified atom stereocenters. The number of nitrogens with one attached hydrogen (secondary N) is 1. The Balaban J connectivity index is 2.60. The Morgan fingerprint density at radius 2 is 1.89 bits per heavy atom. The van der Waals surface area contributed by atoms with Crippen LogP contribution in [0.3, 0.4) is 0 Å². The maximum Gasteiger partial charge on any atom is 0.0252 e. The van der Waals surface area contributed by atoms with E-state index in [9.17, 15) is 0 Å². The molecule has 0 aromatic rings. The van der Waals surface area contributed by atoms with E-state index in [1.165, 1.54) is 25.9 Å². The van der Waals surface area contributed by atoms with Crippen molar-refractivity contribution in [1.82, 2.24) is 10.2 Å². The van der Waals surface area contributed by atoms with Gasteiger partial charge in [0.25, 0.3) is 0 Å². The molecule has 1 rings (SSSR count). The molecule has 1 N–H and O–H groups in total. The van der Waals surface area contributed by atoms with Gasteiger partial charge in [-0.1, -0.05) is 34.6 Å². The fraction of sp³-hybridized carbons (Fsp3) is 1.00. The number of nitrogens with zero attached hydrogens (tertiary/aromatic N) is 1. The van der Waals surface area contributed by atoms with E-state index in [1.807, 2.05) is 0 Å². The van der Waals surface area contributed by atoms with Crippen LogP contribution in [0, 0.1) is 11.3 Å². The summed E-state index contributed by atoms with van der Waals surface area (Å²) >= 11 is 0. The van der Waals surface area contributed by atoms with Crippen molar-refractivity contribution >= 4 is 0 Å². The molecule has 1 heterocycles. The molecule has 0 saturated carbocycles. The lowest BCUT2D eigenvalue weighted by Gasteiger charge is -2.46. The highest BCUT2D eigenvalue weighted by Gasteiger charge is 2.32. The Morgan fingerprint density at radius 1 is 1.28 bits per heavy atom. The van der Waals surface area contributed by atoms with Crippen LogP contribution in [0.2, 0.25) is 0 Å². The molecule has 1 aliphatic heterocycles. The van der Waals surface area contributed by atoms with Gasteiger partial charge in [0.15, 0.2) is 0 Å². The fourth-order valence-corrected chi connectivity index (χ4v) is 2.73. The minimum Gasteiger partial charge on any atom is -0.309 e. The van der Waals surface area contributed by atoms with E-state index < -0.39 is 0 Å². The summed E-state index contributed by atoms with van der Waals surface area (Å²) in [7, 11) is 0. The van der Waals surface area contributed by atoms with Crippen molar-refractivity contribution in [3.05, 3.63) is 0 Å². The first-order chi connectivity index (χ1) is 8.09. The number of rotatable bonds is 4. The van der Waals surface area contributed by atoms with E-state index in [-0.39, 0.29) is 5.54 Å². The molecule has 1 saturated heterocycles.